The molecule has 0 radical (unpaired) electrons. The van der Waals surface area contributed by atoms with E-state index in [0.29, 0.717) is 11.5 Å². The summed E-state index contributed by atoms with van der Waals surface area (Å²) in [5.74, 6) is 0.535. The summed E-state index contributed by atoms with van der Waals surface area (Å²) in [5, 5.41) is 9.28. The summed E-state index contributed by atoms with van der Waals surface area (Å²) in [4.78, 5) is 10.5. The number of hydrogen-bond acceptors (Lipinski definition) is 2. The van der Waals surface area contributed by atoms with Crippen molar-refractivity contribution in [2.45, 2.75) is 0 Å². The van der Waals surface area contributed by atoms with Gasteiger partial charge in [0.1, 0.15) is 0 Å². The largest absolute Gasteiger partial charge is 0.309 e. The maximum absolute atomic E-state index is 9.02. The Balaban J connectivity index is 1.24. The monoisotopic (exact) mass is 641 g/mol. The van der Waals surface area contributed by atoms with Crippen LogP contribution in [0.5, 0.6) is 0 Å². The molecular weight excluding hydrogens is 609 g/mol. The van der Waals surface area contributed by atoms with Crippen molar-refractivity contribution in [3.05, 3.63) is 170 Å². The van der Waals surface area contributed by atoms with Crippen LogP contribution in [0.1, 0.15) is 6.85 Å². The Hall–Kier alpha value is -6.78. The van der Waals surface area contributed by atoms with Crippen molar-refractivity contribution in [3.63, 3.8) is 0 Å². The molecule has 8 aromatic carbocycles. The summed E-state index contributed by atoms with van der Waals surface area (Å²) in [6.45, 7) is 0. The van der Waals surface area contributed by atoms with Gasteiger partial charge in [-0.15, -0.1) is 0 Å². The van der Waals surface area contributed by atoms with Crippen LogP contribution in [-0.2, 0) is 0 Å². The summed E-state index contributed by atoms with van der Waals surface area (Å²) in [6.07, 6.45) is 0. The molecule has 0 aliphatic carbocycles. The van der Waals surface area contributed by atoms with E-state index in [0.717, 1.165) is 81.8 Å². The van der Waals surface area contributed by atoms with E-state index in [2.05, 4.69) is 77.4 Å². The number of hydrogen-bond donors (Lipinski definition) is 0. The van der Waals surface area contributed by atoms with Gasteiger partial charge in [0.05, 0.1) is 40.1 Å². The maximum Gasteiger partial charge on any atom is 0.235 e. The van der Waals surface area contributed by atoms with Crippen LogP contribution in [0.2, 0.25) is 0 Å². The molecule has 0 bridgehead atoms. The molecule has 0 N–H and O–H groups in total. The highest BCUT2D eigenvalue weighted by atomic mass is 15.2. The lowest BCUT2D eigenvalue weighted by molar-refractivity contribution is 1.01. The van der Waals surface area contributed by atoms with Crippen molar-refractivity contribution in [1.82, 2.24) is 19.1 Å². The number of aromatic nitrogens is 4. The highest BCUT2D eigenvalue weighted by Gasteiger charge is 2.20. The number of para-hydroxylation sites is 3. The van der Waals surface area contributed by atoms with Crippen LogP contribution in [-0.4, -0.2) is 19.1 Å². The topological polar surface area (TPSA) is 35.6 Å². The van der Waals surface area contributed by atoms with Crippen LogP contribution in [0, 0.1) is 0 Å². The Morgan fingerprint density at radius 3 is 2.00 bits per heavy atom. The van der Waals surface area contributed by atoms with Crippen LogP contribution in [0.3, 0.4) is 0 Å². The van der Waals surface area contributed by atoms with E-state index in [9.17, 15) is 0 Å². The van der Waals surface area contributed by atoms with Gasteiger partial charge < -0.3 is 4.57 Å². The average Bonchev–Trinajstić information content (AvgIpc) is 3.73. The lowest BCUT2D eigenvalue weighted by atomic mass is 10.0. The van der Waals surface area contributed by atoms with Crippen molar-refractivity contribution in [3.8, 4) is 22.9 Å². The molecule has 0 unspecified atom stereocenters. The van der Waals surface area contributed by atoms with Crippen molar-refractivity contribution < 1.29 is 6.85 Å². The summed E-state index contributed by atoms with van der Waals surface area (Å²) in [5.41, 5.74) is 5.86. The normalized spacial score (nSPS) is 13.4. The van der Waals surface area contributed by atoms with Gasteiger partial charge in [0.15, 0.2) is 0 Å². The maximum atomic E-state index is 9.02. The minimum atomic E-state index is -0.427. The molecule has 232 valence electrons. The fraction of sp³-hybridized carbons (Fsp3) is 0. The predicted octanol–water partition coefficient (Wildman–Crippen LogP) is 11.8. The van der Waals surface area contributed by atoms with Gasteiger partial charge >= 0.3 is 0 Å². The van der Waals surface area contributed by atoms with Crippen LogP contribution in [0.25, 0.3) is 99.0 Å². The van der Waals surface area contributed by atoms with E-state index in [1.54, 1.807) is 0 Å². The first-order valence-corrected chi connectivity index (χ1v) is 16.6. The number of fused-ring (bicyclic) bond motifs is 10. The van der Waals surface area contributed by atoms with Crippen molar-refractivity contribution in [1.29, 1.82) is 0 Å². The molecular formula is C46H28N4. The minimum Gasteiger partial charge on any atom is -0.309 e. The lowest BCUT2D eigenvalue weighted by Gasteiger charge is -2.13. The van der Waals surface area contributed by atoms with Crippen molar-refractivity contribution in [2.75, 3.05) is 0 Å². The van der Waals surface area contributed by atoms with Crippen molar-refractivity contribution >= 4 is 76.1 Å². The third-order valence-corrected chi connectivity index (χ3v) is 9.97. The molecule has 3 aromatic heterocycles. The van der Waals surface area contributed by atoms with Gasteiger partial charge in [-0.3, -0.25) is 4.57 Å². The summed E-state index contributed by atoms with van der Waals surface area (Å²) < 4.78 is 47.5. The zero-order valence-corrected chi connectivity index (χ0v) is 26.6. The Morgan fingerprint density at radius 1 is 0.440 bits per heavy atom. The van der Waals surface area contributed by atoms with Crippen LogP contribution in [0.4, 0.5) is 0 Å². The molecule has 0 aliphatic heterocycles. The van der Waals surface area contributed by atoms with Crippen LogP contribution >= 0.6 is 0 Å². The first-order chi connectivity index (χ1) is 26.9. The number of nitrogens with zero attached hydrogens (tertiary/aromatic N) is 4. The molecule has 11 rings (SSSR count). The van der Waals surface area contributed by atoms with Crippen LogP contribution in [0.15, 0.2) is 170 Å². The van der Waals surface area contributed by atoms with Crippen molar-refractivity contribution in [2.24, 2.45) is 0 Å². The Bertz CT molecular complexity index is 3430. The number of benzene rings is 8. The second kappa shape index (κ2) is 10.4. The fourth-order valence-corrected chi connectivity index (χ4v) is 7.79. The SMILES string of the molecule is [2H]c1c([2H])c([2H])c(-n2c3cc(-c4nc(-n5c6ccccc6c6cc7ccccc7cc65)nc5ccccc45)ccc3c3c4ccccc4ccc32)c([2H])c1[2H]. The summed E-state index contributed by atoms with van der Waals surface area (Å²) >= 11 is 0. The Morgan fingerprint density at radius 2 is 1.14 bits per heavy atom. The van der Waals surface area contributed by atoms with E-state index in [1.165, 1.54) is 0 Å². The second-order valence-corrected chi connectivity index (χ2v) is 12.7. The van der Waals surface area contributed by atoms with E-state index in [1.807, 2.05) is 71.3 Å². The zero-order chi connectivity index (χ0) is 37.1. The molecule has 0 saturated heterocycles. The zero-order valence-electron chi connectivity index (χ0n) is 31.6. The third kappa shape index (κ3) is 3.87. The van der Waals surface area contributed by atoms with E-state index in [-0.39, 0.29) is 29.9 Å². The summed E-state index contributed by atoms with van der Waals surface area (Å²) in [6, 6.07) is 45.7. The molecule has 50 heavy (non-hydrogen) atoms. The number of rotatable bonds is 3. The van der Waals surface area contributed by atoms with Gasteiger partial charge in [0.2, 0.25) is 5.95 Å². The van der Waals surface area contributed by atoms with E-state index >= 15 is 0 Å². The molecule has 0 saturated carbocycles. The quantitative estimate of drug-likeness (QED) is 0.192. The van der Waals surface area contributed by atoms with Gasteiger partial charge in [-0.1, -0.05) is 121 Å². The molecule has 4 heteroatoms. The molecule has 0 fully saturated rings. The highest BCUT2D eigenvalue weighted by molar-refractivity contribution is 6.22. The average molecular weight is 642 g/mol. The molecule has 0 aliphatic rings. The first-order valence-electron chi connectivity index (χ1n) is 19.1. The molecule has 11 aromatic rings. The molecule has 0 spiro atoms. The third-order valence-electron chi connectivity index (χ3n) is 9.97. The Labute approximate surface area is 294 Å². The molecule has 4 nitrogen and oxygen atoms in total. The highest BCUT2D eigenvalue weighted by Crippen LogP contribution is 2.40. The fourth-order valence-electron chi connectivity index (χ4n) is 7.79. The standard InChI is InChI=1S/C46H28N4/c1-2-15-33(16-3-1)49-41-25-23-29-12-6-7-17-34(29)44(41)37-24-22-32(28-42(37)49)45-36-19-8-10-20-39(36)47-46(48-45)50-40-21-11-9-18-35(40)38-26-30-13-4-5-14-31(30)27-43(38)50/h1-28H/i1D,2D,3D,15D,16D. The molecule has 0 amide bonds. The van der Waals surface area contributed by atoms with Gasteiger partial charge in [-0.2, -0.15) is 0 Å². The second-order valence-electron chi connectivity index (χ2n) is 12.7. The molecule has 3 heterocycles. The predicted molar refractivity (Wildman–Crippen MR) is 209 cm³/mol. The first kappa shape index (κ1) is 22.7. The van der Waals surface area contributed by atoms with Crippen LogP contribution < -0.4 is 0 Å². The van der Waals surface area contributed by atoms with Gasteiger partial charge in [-0.25, -0.2) is 9.97 Å². The van der Waals surface area contributed by atoms with Gasteiger partial charge in [-0.05, 0) is 70.0 Å². The summed E-state index contributed by atoms with van der Waals surface area (Å²) in [7, 11) is 0. The minimum absolute atomic E-state index is 0.101. The Kier molecular flexibility index (Phi) is 4.71. The van der Waals surface area contributed by atoms with E-state index in [4.69, 9.17) is 16.8 Å². The smallest absolute Gasteiger partial charge is 0.235 e. The van der Waals surface area contributed by atoms with Gasteiger partial charge in [0, 0.05) is 38.2 Å². The van der Waals surface area contributed by atoms with Gasteiger partial charge in [0.25, 0.3) is 0 Å². The van der Waals surface area contributed by atoms with E-state index < -0.39 is 6.04 Å². The lowest BCUT2D eigenvalue weighted by Crippen LogP contribution is -2.03. The molecule has 0 atom stereocenters.